The second-order valence-corrected chi connectivity index (χ2v) is 10.3. The maximum Gasteiger partial charge on any atom is 0.251 e. The van der Waals surface area contributed by atoms with E-state index in [1.165, 1.54) is 0 Å². The van der Waals surface area contributed by atoms with E-state index in [2.05, 4.69) is 0 Å². The van der Waals surface area contributed by atoms with Gasteiger partial charge in [-0.3, -0.25) is 9.59 Å². The Kier molecular flexibility index (Phi) is 6.98. The Hall–Kier alpha value is -3.21. The minimum absolute atomic E-state index is 0.0739. The number of ketones is 1. The van der Waals surface area contributed by atoms with Crippen molar-refractivity contribution in [3.63, 3.8) is 0 Å². The number of rotatable bonds is 6. The molecule has 1 heterocycles. The fourth-order valence-electron chi connectivity index (χ4n) is 4.48. The molecule has 0 fully saturated rings. The molecule has 4 nitrogen and oxygen atoms in total. The number of nitrogens with zero attached hydrogens (tertiary/aromatic N) is 1. The Bertz CT molecular complexity index is 1430. The van der Waals surface area contributed by atoms with Crippen LogP contribution in [0.5, 0.6) is 0 Å². The van der Waals surface area contributed by atoms with Crippen LogP contribution in [-0.4, -0.2) is 16.0 Å². The van der Waals surface area contributed by atoms with Crippen LogP contribution in [0.1, 0.15) is 50.5 Å². The minimum Gasteiger partial charge on any atom is -0.360 e. The highest BCUT2D eigenvalue weighted by Gasteiger charge is 2.30. The molecule has 0 radical (unpaired) electrons. The lowest BCUT2D eigenvalue weighted by atomic mass is 9.87. The van der Waals surface area contributed by atoms with Crippen LogP contribution in [0.4, 0.5) is 0 Å². The molecule has 0 saturated heterocycles. The maximum absolute atomic E-state index is 13.0. The zero-order valence-corrected chi connectivity index (χ0v) is 21.5. The van der Waals surface area contributed by atoms with Crippen LogP contribution < -0.4 is 5.56 Å². The summed E-state index contributed by atoms with van der Waals surface area (Å²) in [6, 6.07) is 22.9. The second kappa shape index (κ2) is 9.80. The van der Waals surface area contributed by atoms with Crippen LogP contribution in [0.15, 0.2) is 77.6 Å². The average Bonchev–Trinajstić information content (AvgIpc) is 2.79. The van der Waals surface area contributed by atoms with E-state index in [9.17, 15) is 9.59 Å². The smallest absolute Gasteiger partial charge is 0.251 e. The molecule has 0 spiro atoms. The Labute approximate surface area is 211 Å². The van der Waals surface area contributed by atoms with Gasteiger partial charge in [-0.1, -0.05) is 54.1 Å². The first-order valence-electron chi connectivity index (χ1n) is 11.7. The first-order valence-corrected chi connectivity index (χ1v) is 12.1. The number of hydrogen-bond donors (Lipinski definition) is 0. The van der Waals surface area contributed by atoms with E-state index >= 15 is 0 Å². The molecule has 180 valence electrons. The SMILES string of the molecule is CC(=O)[C@@H](OC(C)(C)C)c1c(C)cc2c(ccc(=O)n2Cc2ccccc2)c1-c1ccc(Cl)cc1. The monoisotopic (exact) mass is 487 g/mol. The Morgan fingerprint density at radius 3 is 2.26 bits per heavy atom. The summed E-state index contributed by atoms with van der Waals surface area (Å²) in [6.45, 7) is 9.81. The zero-order chi connectivity index (χ0) is 25.3. The summed E-state index contributed by atoms with van der Waals surface area (Å²) in [5, 5.41) is 1.51. The molecule has 0 unspecified atom stereocenters. The van der Waals surface area contributed by atoms with Gasteiger partial charge in [-0.25, -0.2) is 0 Å². The normalized spacial score (nSPS) is 12.6. The molecule has 4 rings (SSSR count). The fourth-order valence-corrected chi connectivity index (χ4v) is 4.61. The molecule has 0 N–H and O–H groups in total. The molecule has 0 aliphatic rings. The van der Waals surface area contributed by atoms with Gasteiger partial charge in [-0.15, -0.1) is 0 Å². The van der Waals surface area contributed by atoms with Crippen molar-refractivity contribution in [1.82, 2.24) is 4.57 Å². The topological polar surface area (TPSA) is 48.3 Å². The molecule has 0 saturated carbocycles. The Balaban J connectivity index is 2.07. The number of aromatic nitrogens is 1. The van der Waals surface area contributed by atoms with Crippen molar-refractivity contribution in [3.05, 3.63) is 105 Å². The lowest BCUT2D eigenvalue weighted by Crippen LogP contribution is -2.27. The summed E-state index contributed by atoms with van der Waals surface area (Å²) in [4.78, 5) is 25.9. The molecule has 35 heavy (non-hydrogen) atoms. The highest BCUT2D eigenvalue weighted by Crippen LogP contribution is 2.40. The molecular formula is C30H30ClNO3. The zero-order valence-electron chi connectivity index (χ0n) is 20.8. The van der Waals surface area contributed by atoms with Gasteiger partial charge in [0.05, 0.1) is 17.7 Å². The number of Topliss-reactive ketones (excluding diaryl/α,β-unsaturated/α-hetero) is 1. The molecule has 1 aromatic heterocycles. The minimum atomic E-state index is -0.750. The Morgan fingerprint density at radius 1 is 1.00 bits per heavy atom. The van der Waals surface area contributed by atoms with E-state index in [1.54, 1.807) is 17.6 Å². The summed E-state index contributed by atoms with van der Waals surface area (Å²) in [7, 11) is 0. The lowest BCUT2D eigenvalue weighted by Gasteiger charge is -2.30. The summed E-state index contributed by atoms with van der Waals surface area (Å²) in [5.74, 6) is -0.0739. The standard InChI is InChI=1S/C30H30ClNO3/c1-19-17-25-24(15-16-26(34)32(25)18-21-9-7-6-8-10-21)28(22-11-13-23(31)14-12-22)27(19)29(20(2)33)35-30(3,4)5/h6-17,29H,18H2,1-5H3/t29-/m1/s1. The molecule has 0 aliphatic heterocycles. The number of fused-ring (bicyclic) bond motifs is 1. The van der Waals surface area contributed by atoms with Crippen molar-refractivity contribution >= 4 is 28.3 Å². The third kappa shape index (κ3) is 5.39. The highest BCUT2D eigenvalue weighted by atomic mass is 35.5. The van der Waals surface area contributed by atoms with Crippen LogP contribution in [-0.2, 0) is 16.1 Å². The van der Waals surface area contributed by atoms with Crippen LogP contribution >= 0.6 is 11.6 Å². The molecule has 0 bridgehead atoms. The molecule has 3 aromatic carbocycles. The van der Waals surface area contributed by atoms with Crippen LogP contribution in [0.25, 0.3) is 22.0 Å². The van der Waals surface area contributed by atoms with Gasteiger partial charge in [0.1, 0.15) is 6.10 Å². The van der Waals surface area contributed by atoms with Crippen molar-refractivity contribution in [2.24, 2.45) is 0 Å². The summed E-state index contributed by atoms with van der Waals surface area (Å²) in [5.41, 5.74) is 4.73. The number of hydrogen-bond acceptors (Lipinski definition) is 3. The third-order valence-corrected chi connectivity index (χ3v) is 6.21. The first-order chi connectivity index (χ1) is 16.5. The van der Waals surface area contributed by atoms with E-state index in [1.807, 2.05) is 94.4 Å². The molecule has 4 aromatic rings. The Morgan fingerprint density at radius 2 is 1.66 bits per heavy atom. The fraction of sp³-hybridized carbons (Fsp3) is 0.267. The van der Waals surface area contributed by atoms with Crippen molar-refractivity contribution < 1.29 is 9.53 Å². The highest BCUT2D eigenvalue weighted by molar-refractivity contribution is 6.30. The van der Waals surface area contributed by atoms with E-state index in [0.717, 1.165) is 38.7 Å². The van der Waals surface area contributed by atoms with Crippen molar-refractivity contribution in [2.45, 2.75) is 52.9 Å². The predicted octanol–water partition coefficient (Wildman–Crippen LogP) is 7.12. The number of carbonyl (C=O) groups is 1. The number of aryl methyl sites for hydroxylation is 1. The number of ether oxygens (including phenoxy) is 1. The van der Waals surface area contributed by atoms with Crippen LogP contribution in [0, 0.1) is 6.92 Å². The average molecular weight is 488 g/mol. The summed E-state index contributed by atoms with van der Waals surface area (Å²) >= 11 is 6.20. The predicted molar refractivity (Wildman–Crippen MR) is 143 cm³/mol. The van der Waals surface area contributed by atoms with E-state index in [4.69, 9.17) is 16.3 Å². The molecule has 1 atom stereocenters. The van der Waals surface area contributed by atoms with E-state index in [0.29, 0.717) is 11.6 Å². The van der Waals surface area contributed by atoms with Gasteiger partial charge in [-0.2, -0.15) is 0 Å². The first kappa shape index (κ1) is 24.9. The molecular weight excluding hydrogens is 458 g/mol. The van der Waals surface area contributed by atoms with Crippen molar-refractivity contribution in [3.8, 4) is 11.1 Å². The molecule has 0 aliphatic carbocycles. The van der Waals surface area contributed by atoms with Crippen LogP contribution in [0.2, 0.25) is 5.02 Å². The number of pyridine rings is 1. The maximum atomic E-state index is 13.0. The van der Waals surface area contributed by atoms with Crippen LogP contribution in [0.3, 0.4) is 0 Å². The summed E-state index contributed by atoms with van der Waals surface area (Å²) < 4.78 is 8.09. The quantitative estimate of drug-likeness (QED) is 0.291. The molecule has 0 amide bonds. The lowest BCUT2D eigenvalue weighted by molar-refractivity contribution is -0.138. The summed E-state index contributed by atoms with van der Waals surface area (Å²) in [6.07, 6.45) is -0.750. The second-order valence-electron chi connectivity index (χ2n) is 9.89. The number of benzene rings is 3. The van der Waals surface area contributed by atoms with Crippen molar-refractivity contribution in [2.75, 3.05) is 0 Å². The number of halogens is 1. The van der Waals surface area contributed by atoms with Gasteiger partial charge < -0.3 is 9.30 Å². The van der Waals surface area contributed by atoms with Gasteiger partial charge in [-0.05, 0) is 86.7 Å². The van der Waals surface area contributed by atoms with Gasteiger partial charge >= 0.3 is 0 Å². The molecule has 5 heteroatoms. The third-order valence-electron chi connectivity index (χ3n) is 5.96. The van der Waals surface area contributed by atoms with E-state index in [-0.39, 0.29) is 11.3 Å². The number of carbonyl (C=O) groups excluding carboxylic acids is 1. The van der Waals surface area contributed by atoms with E-state index < -0.39 is 11.7 Å². The van der Waals surface area contributed by atoms with Gasteiger partial charge in [0, 0.05) is 16.5 Å². The van der Waals surface area contributed by atoms with Gasteiger partial charge in [0.25, 0.3) is 5.56 Å². The van der Waals surface area contributed by atoms with Gasteiger partial charge in [0.15, 0.2) is 5.78 Å². The van der Waals surface area contributed by atoms with Crippen molar-refractivity contribution in [1.29, 1.82) is 0 Å². The van der Waals surface area contributed by atoms with Gasteiger partial charge in [0.2, 0.25) is 0 Å². The largest absolute Gasteiger partial charge is 0.360 e.